The average molecular weight is 513 g/mol. The van der Waals surface area contributed by atoms with Crippen LogP contribution in [0, 0.1) is 0 Å². The quantitative estimate of drug-likeness (QED) is 0.206. The molecule has 1 aliphatic rings. The van der Waals surface area contributed by atoms with Gasteiger partial charge in [0, 0.05) is 0 Å². The molecule has 0 heterocycles. The number of hydrogen-bond acceptors (Lipinski definition) is 0. The number of hydrogen-bond donors (Lipinski definition) is 0. The molecule has 1 aliphatic carbocycles. The Morgan fingerprint density at radius 3 is 1.46 bits per heavy atom. The Bertz CT molecular complexity index is 1900. The molecular formula is C38H25P. The van der Waals surface area contributed by atoms with Crippen LogP contribution in [0.3, 0.4) is 0 Å². The lowest BCUT2D eigenvalue weighted by Gasteiger charge is -2.20. The summed E-state index contributed by atoms with van der Waals surface area (Å²) < 4.78 is 0. The van der Waals surface area contributed by atoms with Gasteiger partial charge in [0.2, 0.25) is 0 Å². The summed E-state index contributed by atoms with van der Waals surface area (Å²) in [6.45, 7) is 0. The summed E-state index contributed by atoms with van der Waals surface area (Å²) in [7, 11) is -0.609. The van der Waals surface area contributed by atoms with Gasteiger partial charge < -0.3 is 0 Å². The van der Waals surface area contributed by atoms with Gasteiger partial charge in [0.05, 0.1) is 0 Å². The molecule has 0 radical (unpaired) electrons. The maximum absolute atomic E-state index is 2.36. The van der Waals surface area contributed by atoms with Crippen LogP contribution in [0.1, 0.15) is 0 Å². The molecule has 0 N–H and O–H groups in total. The smallest absolute Gasteiger partial charge is 0.00201 e. The largest absolute Gasteiger partial charge is 0.0622 e. The molecule has 0 aliphatic heterocycles. The zero-order chi connectivity index (χ0) is 25.8. The second-order valence-corrected chi connectivity index (χ2v) is 12.4. The van der Waals surface area contributed by atoms with Crippen molar-refractivity contribution >= 4 is 45.4 Å². The summed E-state index contributed by atoms with van der Waals surface area (Å²) in [4.78, 5) is 0. The Morgan fingerprint density at radius 2 is 0.846 bits per heavy atom. The van der Waals surface area contributed by atoms with Gasteiger partial charge in [-0.25, -0.2) is 0 Å². The molecule has 0 fully saturated rings. The molecule has 7 aromatic rings. The average Bonchev–Trinajstić information content (AvgIpc) is 3.32. The first-order valence-electron chi connectivity index (χ1n) is 13.5. The molecule has 7 aromatic carbocycles. The Hall–Kier alpha value is -4.51. The lowest BCUT2D eigenvalue weighted by Crippen LogP contribution is -2.20. The molecule has 0 nitrogen and oxygen atoms in total. The Labute approximate surface area is 230 Å². The highest BCUT2D eigenvalue weighted by Crippen LogP contribution is 2.50. The summed E-state index contributed by atoms with van der Waals surface area (Å²) in [6, 6.07) is 56.0. The van der Waals surface area contributed by atoms with Crippen LogP contribution in [0.5, 0.6) is 0 Å². The van der Waals surface area contributed by atoms with E-state index in [1.165, 1.54) is 70.8 Å². The van der Waals surface area contributed by atoms with E-state index in [4.69, 9.17) is 0 Å². The van der Waals surface area contributed by atoms with E-state index >= 15 is 0 Å². The minimum atomic E-state index is -0.609. The molecule has 8 rings (SSSR count). The van der Waals surface area contributed by atoms with Crippen molar-refractivity contribution < 1.29 is 0 Å². The van der Waals surface area contributed by atoms with Crippen molar-refractivity contribution in [2.45, 2.75) is 0 Å². The minimum absolute atomic E-state index is 0.609. The lowest BCUT2D eigenvalue weighted by molar-refractivity contribution is 1.68. The Balaban J connectivity index is 1.25. The zero-order valence-electron chi connectivity index (χ0n) is 21.4. The molecule has 0 bridgehead atoms. The summed E-state index contributed by atoms with van der Waals surface area (Å²) in [6.07, 6.45) is 0. The van der Waals surface area contributed by atoms with E-state index in [-0.39, 0.29) is 0 Å². The topological polar surface area (TPSA) is 0 Å². The maximum atomic E-state index is 2.36. The SMILES string of the molecule is c1ccc(P(c2ccccc2)c2ccc(-c3ccc4c5c(cccc35)-c3cc5ccccc5cc3-4)cc2)cc1. The molecule has 0 amide bonds. The van der Waals surface area contributed by atoms with Gasteiger partial charge in [-0.05, 0) is 90.9 Å². The molecule has 0 unspecified atom stereocenters. The summed E-state index contributed by atoms with van der Waals surface area (Å²) in [5.41, 5.74) is 7.94. The van der Waals surface area contributed by atoms with Crippen molar-refractivity contribution in [3.63, 3.8) is 0 Å². The van der Waals surface area contributed by atoms with E-state index in [2.05, 4.69) is 152 Å². The van der Waals surface area contributed by atoms with Gasteiger partial charge in [-0.15, -0.1) is 0 Å². The van der Waals surface area contributed by atoms with Gasteiger partial charge in [0.15, 0.2) is 0 Å². The Morgan fingerprint density at radius 1 is 0.333 bits per heavy atom. The van der Waals surface area contributed by atoms with Crippen LogP contribution in [0.25, 0.3) is 54.9 Å². The van der Waals surface area contributed by atoms with Gasteiger partial charge in [-0.1, -0.05) is 140 Å². The van der Waals surface area contributed by atoms with Gasteiger partial charge in [0.1, 0.15) is 0 Å². The first kappa shape index (κ1) is 22.5. The third-order valence-electron chi connectivity index (χ3n) is 7.97. The normalized spacial score (nSPS) is 11.8. The highest BCUT2D eigenvalue weighted by atomic mass is 31.1. The second kappa shape index (κ2) is 9.05. The fraction of sp³-hybridized carbons (Fsp3) is 0. The van der Waals surface area contributed by atoms with Crippen molar-refractivity contribution in [3.8, 4) is 33.4 Å². The van der Waals surface area contributed by atoms with E-state index in [0.29, 0.717) is 0 Å². The predicted octanol–water partition coefficient (Wildman–Crippen LogP) is 9.07. The monoisotopic (exact) mass is 512 g/mol. The van der Waals surface area contributed by atoms with E-state index in [1.807, 2.05) is 0 Å². The third kappa shape index (κ3) is 3.64. The number of benzene rings is 7. The predicted molar refractivity (Wildman–Crippen MR) is 170 cm³/mol. The van der Waals surface area contributed by atoms with E-state index in [0.717, 1.165) is 0 Å². The maximum Gasteiger partial charge on any atom is -0.00201 e. The summed E-state index contributed by atoms with van der Waals surface area (Å²) in [5.74, 6) is 0. The first-order valence-corrected chi connectivity index (χ1v) is 14.8. The van der Waals surface area contributed by atoms with Crippen molar-refractivity contribution in [1.82, 2.24) is 0 Å². The molecule has 182 valence electrons. The van der Waals surface area contributed by atoms with E-state index in [9.17, 15) is 0 Å². The Kier molecular flexibility index (Phi) is 5.22. The summed E-state index contributed by atoms with van der Waals surface area (Å²) >= 11 is 0. The van der Waals surface area contributed by atoms with Crippen LogP contribution in [-0.2, 0) is 0 Å². The van der Waals surface area contributed by atoms with Gasteiger partial charge in [0.25, 0.3) is 0 Å². The fourth-order valence-corrected chi connectivity index (χ4v) is 8.47. The fourth-order valence-electron chi connectivity index (χ4n) is 6.18. The molecule has 0 atom stereocenters. The molecule has 0 saturated heterocycles. The number of fused-ring (bicyclic) bond motifs is 4. The minimum Gasteiger partial charge on any atom is -0.0622 e. The van der Waals surface area contributed by atoms with Gasteiger partial charge in [-0.2, -0.15) is 0 Å². The molecular weight excluding hydrogens is 487 g/mol. The van der Waals surface area contributed by atoms with Crippen LogP contribution >= 0.6 is 7.92 Å². The molecule has 39 heavy (non-hydrogen) atoms. The molecule has 0 spiro atoms. The van der Waals surface area contributed by atoms with E-state index in [1.54, 1.807) is 0 Å². The third-order valence-corrected chi connectivity index (χ3v) is 10.4. The van der Waals surface area contributed by atoms with Crippen molar-refractivity contribution in [2.24, 2.45) is 0 Å². The van der Waals surface area contributed by atoms with Gasteiger partial charge in [-0.3, -0.25) is 0 Å². The molecule has 0 saturated carbocycles. The highest BCUT2D eigenvalue weighted by molar-refractivity contribution is 7.79. The number of rotatable bonds is 4. The summed E-state index contributed by atoms with van der Waals surface area (Å²) in [5, 5.41) is 9.42. The van der Waals surface area contributed by atoms with E-state index < -0.39 is 7.92 Å². The van der Waals surface area contributed by atoms with Crippen molar-refractivity contribution in [1.29, 1.82) is 0 Å². The van der Waals surface area contributed by atoms with Crippen molar-refractivity contribution in [3.05, 3.63) is 152 Å². The van der Waals surface area contributed by atoms with Crippen LogP contribution in [0.2, 0.25) is 0 Å². The first-order chi connectivity index (χ1) is 19.3. The second-order valence-electron chi connectivity index (χ2n) is 10.2. The standard InChI is InChI=1S/C38H25P/c1-3-12-29(13-4-1)39(30-14-5-2-6-15-30)31-20-18-26(19-21-31)32-22-23-35-37-25-28-11-8-7-10-27(28)24-36(37)34-17-9-16-33(32)38(34)35/h1-25H. The lowest BCUT2D eigenvalue weighted by atomic mass is 9.94. The van der Waals surface area contributed by atoms with Crippen LogP contribution < -0.4 is 15.9 Å². The zero-order valence-corrected chi connectivity index (χ0v) is 22.3. The highest BCUT2D eigenvalue weighted by Gasteiger charge is 2.23. The van der Waals surface area contributed by atoms with Gasteiger partial charge >= 0.3 is 0 Å². The van der Waals surface area contributed by atoms with Crippen LogP contribution in [0.4, 0.5) is 0 Å². The van der Waals surface area contributed by atoms with Crippen LogP contribution in [0.15, 0.2) is 152 Å². The van der Waals surface area contributed by atoms with Crippen molar-refractivity contribution in [2.75, 3.05) is 0 Å². The van der Waals surface area contributed by atoms with Crippen LogP contribution in [-0.4, -0.2) is 0 Å². The molecule has 1 heteroatoms. The molecule has 0 aromatic heterocycles.